The molecule has 0 saturated carbocycles. The minimum atomic E-state index is -0.666. The number of aromatic amines is 1. The fraction of sp³-hybridized carbons (Fsp3) is 0.367. The highest BCUT2D eigenvalue weighted by atomic mass is 16.5. The zero-order chi connectivity index (χ0) is 28.0. The topological polar surface area (TPSA) is 122 Å². The Labute approximate surface area is 233 Å². The summed E-state index contributed by atoms with van der Waals surface area (Å²) in [4.78, 5) is 18.7. The summed E-state index contributed by atoms with van der Waals surface area (Å²) in [6.07, 6.45) is 3.36. The molecule has 4 aromatic rings. The summed E-state index contributed by atoms with van der Waals surface area (Å²) < 4.78 is 17.0. The van der Waals surface area contributed by atoms with Crippen molar-refractivity contribution in [3.8, 4) is 17.4 Å². The highest BCUT2D eigenvalue weighted by molar-refractivity contribution is 5.94. The maximum absolute atomic E-state index is 12.6. The Morgan fingerprint density at radius 1 is 1.12 bits per heavy atom. The van der Waals surface area contributed by atoms with Crippen LogP contribution in [0.25, 0.3) is 10.9 Å². The number of ether oxygens (including phenoxy) is 3. The average Bonchev–Trinajstić information content (AvgIpc) is 3.46. The van der Waals surface area contributed by atoms with Crippen LogP contribution in [-0.2, 0) is 11.2 Å². The molecule has 1 aliphatic heterocycles. The van der Waals surface area contributed by atoms with Crippen molar-refractivity contribution < 1.29 is 24.1 Å². The van der Waals surface area contributed by atoms with E-state index in [2.05, 4.69) is 34.3 Å². The first-order valence-electron chi connectivity index (χ1n) is 13.4. The number of carbonyl (C=O) groups is 1. The number of benzene rings is 2. The Bertz CT molecular complexity index is 1400. The molecule has 0 bridgehead atoms. The predicted octanol–water partition coefficient (Wildman–Crippen LogP) is 3.57. The fourth-order valence-electron chi connectivity index (χ4n) is 4.59. The molecule has 1 amide bonds. The van der Waals surface area contributed by atoms with Crippen molar-refractivity contribution in [1.29, 1.82) is 0 Å². The van der Waals surface area contributed by atoms with Gasteiger partial charge in [-0.2, -0.15) is 5.10 Å². The van der Waals surface area contributed by atoms with Gasteiger partial charge in [-0.1, -0.05) is 18.2 Å². The van der Waals surface area contributed by atoms with Gasteiger partial charge in [0, 0.05) is 37.4 Å². The number of aliphatic hydroxyl groups excluding tert-OH is 1. The van der Waals surface area contributed by atoms with Gasteiger partial charge in [0.05, 0.1) is 35.9 Å². The maximum atomic E-state index is 12.6. The molecule has 5 rings (SSSR count). The lowest BCUT2D eigenvalue weighted by molar-refractivity contribution is 0.0302. The van der Waals surface area contributed by atoms with Crippen LogP contribution in [0, 0.1) is 0 Å². The number of hydrogen-bond donors (Lipinski definition) is 3. The van der Waals surface area contributed by atoms with E-state index in [0.717, 1.165) is 22.9 Å². The van der Waals surface area contributed by atoms with Crippen molar-refractivity contribution in [2.75, 3.05) is 39.5 Å². The van der Waals surface area contributed by atoms with Gasteiger partial charge in [0.2, 0.25) is 5.88 Å². The van der Waals surface area contributed by atoms with E-state index in [1.54, 1.807) is 29.4 Å². The summed E-state index contributed by atoms with van der Waals surface area (Å²) in [6, 6.07) is 17.0. The van der Waals surface area contributed by atoms with Crippen molar-refractivity contribution in [3.05, 3.63) is 78.1 Å². The Morgan fingerprint density at radius 2 is 1.93 bits per heavy atom. The van der Waals surface area contributed by atoms with E-state index in [0.29, 0.717) is 55.8 Å². The predicted molar refractivity (Wildman–Crippen MR) is 151 cm³/mol. The van der Waals surface area contributed by atoms with Crippen LogP contribution < -0.4 is 14.8 Å². The summed E-state index contributed by atoms with van der Waals surface area (Å²) >= 11 is 0. The number of morpholine rings is 1. The Morgan fingerprint density at radius 3 is 2.67 bits per heavy atom. The number of H-pyrrole nitrogens is 1. The Hall–Kier alpha value is -3.99. The molecule has 1 fully saturated rings. The van der Waals surface area contributed by atoms with Crippen LogP contribution in [0.15, 0.2) is 67.0 Å². The lowest BCUT2D eigenvalue weighted by Crippen LogP contribution is -2.46. The van der Waals surface area contributed by atoms with Gasteiger partial charge in [-0.3, -0.25) is 9.89 Å². The van der Waals surface area contributed by atoms with E-state index < -0.39 is 6.10 Å². The number of β-amino-alcohol motifs (C(OH)–C–C–N with tert-alkyl or cyclic N) is 1. The standard InChI is InChI=1S/C30H35N5O5/c1-30(2,32-18-23(36)20-39-27-5-3-4-26-25(27)19-33-34-26)16-21-6-9-24(10-7-21)40-28-11-8-22(17-31-28)29(37)35-12-14-38-15-13-35/h3-11,17,19,23,32,36H,12-16,18,20H2,1-2H3,(H,33,34). The van der Waals surface area contributed by atoms with Crippen LogP contribution in [0.3, 0.4) is 0 Å². The molecule has 0 spiro atoms. The molecular weight excluding hydrogens is 510 g/mol. The van der Waals surface area contributed by atoms with Gasteiger partial charge in [-0.15, -0.1) is 0 Å². The molecule has 1 saturated heterocycles. The van der Waals surface area contributed by atoms with Crippen LogP contribution in [0.5, 0.6) is 17.4 Å². The minimum Gasteiger partial charge on any atom is -0.490 e. The van der Waals surface area contributed by atoms with Crippen LogP contribution in [0.2, 0.25) is 0 Å². The number of rotatable bonds is 11. The first-order chi connectivity index (χ1) is 19.4. The number of aromatic nitrogens is 3. The molecule has 0 radical (unpaired) electrons. The highest BCUT2D eigenvalue weighted by Crippen LogP contribution is 2.24. The molecule has 40 heavy (non-hydrogen) atoms. The van der Waals surface area contributed by atoms with Gasteiger partial charge >= 0.3 is 0 Å². The molecule has 0 aliphatic carbocycles. The Kier molecular flexibility index (Phi) is 8.59. The van der Waals surface area contributed by atoms with E-state index in [1.807, 2.05) is 42.5 Å². The molecule has 210 valence electrons. The smallest absolute Gasteiger partial charge is 0.255 e. The van der Waals surface area contributed by atoms with Crippen molar-refractivity contribution in [2.24, 2.45) is 0 Å². The second-order valence-corrected chi connectivity index (χ2v) is 10.5. The Balaban J connectivity index is 1.08. The third-order valence-electron chi connectivity index (χ3n) is 6.77. The van der Waals surface area contributed by atoms with Gasteiger partial charge in [0.25, 0.3) is 5.91 Å². The molecule has 10 heteroatoms. The third-order valence-corrected chi connectivity index (χ3v) is 6.77. The summed E-state index contributed by atoms with van der Waals surface area (Å²) in [5.74, 6) is 1.73. The van der Waals surface area contributed by atoms with Crippen molar-refractivity contribution in [2.45, 2.75) is 31.9 Å². The summed E-state index contributed by atoms with van der Waals surface area (Å²) in [6.45, 7) is 7.07. The first-order valence-corrected chi connectivity index (χ1v) is 13.4. The third kappa shape index (κ3) is 7.15. The average molecular weight is 546 g/mol. The van der Waals surface area contributed by atoms with E-state index in [9.17, 15) is 9.90 Å². The van der Waals surface area contributed by atoms with Gasteiger partial charge in [0.1, 0.15) is 24.2 Å². The normalized spacial score (nSPS) is 14.7. The summed E-state index contributed by atoms with van der Waals surface area (Å²) in [5, 5.41) is 21.8. The number of fused-ring (bicyclic) bond motifs is 1. The lowest BCUT2D eigenvalue weighted by atomic mass is 9.94. The number of carbonyl (C=O) groups excluding carboxylic acids is 1. The number of amides is 1. The van der Waals surface area contributed by atoms with Crippen LogP contribution in [-0.4, -0.2) is 82.2 Å². The van der Waals surface area contributed by atoms with Crippen LogP contribution in [0.1, 0.15) is 29.8 Å². The molecule has 2 aromatic heterocycles. The molecule has 3 N–H and O–H groups in total. The molecular formula is C30H35N5O5. The van der Waals surface area contributed by atoms with Gasteiger partial charge in [-0.05, 0) is 56.2 Å². The number of nitrogens with one attached hydrogen (secondary N) is 2. The van der Waals surface area contributed by atoms with E-state index in [4.69, 9.17) is 14.2 Å². The zero-order valence-electron chi connectivity index (χ0n) is 22.8. The van der Waals surface area contributed by atoms with Crippen molar-refractivity contribution >= 4 is 16.8 Å². The second-order valence-electron chi connectivity index (χ2n) is 10.5. The van der Waals surface area contributed by atoms with Gasteiger partial charge in [-0.25, -0.2) is 4.98 Å². The molecule has 3 heterocycles. The number of pyridine rings is 1. The van der Waals surface area contributed by atoms with Gasteiger partial charge < -0.3 is 29.5 Å². The molecule has 1 unspecified atom stereocenters. The van der Waals surface area contributed by atoms with Crippen LogP contribution in [0.4, 0.5) is 0 Å². The summed E-state index contributed by atoms with van der Waals surface area (Å²) in [5.41, 5.74) is 2.30. The van der Waals surface area contributed by atoms with E-state index >= 15 is 0 Å². The fourth-order valence-corrected chi connectivity index (χ4v) is 4.59. The largest absolute Gasteiger partial charge is 0.490 e. The maximum Gasteiger partial charge on any atom is 0.255 e. The minimum absolute atomic E-state index is 0.0464. The van der Waals surface area contributed by atoms with Crippen molar-refractivity contribution in [1.82, 2.24) is 25.4 Å². The monoisotopic (exact) mass is 545 g/mol. The first kappa shape index (κ1) is 27.6. The SMILES string of the molecule is CC(C)(Cc1ccc(Oc2ccc(C(=O)N3CCOCC3)cn2)cc1)NCC(O)COc1cccc2[nH]ncc12. The number of aliphatic hydroxyl groups is 1. The van der Waals surface area contributed by atoms with Gasteiger partial charge in [0.15, 0.2) is 0 Å². The molecule has 1 aliphatic rings. The van der Waals surface area contributed by atoms with Crippen LogP contribution >= 0.6 is 0 Å². The van der Waals surface area contributed by atoms with E-state index in [-0.39, 0.29) is 18.1 Å². The second kappa shape index (κ2) is 12.5. The van der Waals surface area contributed by atoms with E-state index in [1.165, 1.54) is 0 Å². The molecule has 10 nitrogen and oxygen atoms in total. The lowest BCUT2D eigenvalue weighted by Gasteiger charge is -2.28. The van der Waals surface area contributed by atoms with Crippen molar-refractivity contribution in [3.63, 3.8) is 0 Å². The molecule has 1 atom stereocenters. The zero-order valence-corrected chi connectivity index (χ0v) is 22.8. The molecule has 2 aromatic carbocycles. The quantitative estimate of drug-likeness (QED) is 0.262. The number of hydrogen-bond acceptors (Lipinski definition) is 8. The highest BCUT2D eigenvalue weighted by Gasteiger charge is 2.21. The summed E-state index contributed by atoms with van der Waals surface area (Å²) in [7, 11) is 0. The number of nitrogens with zero attached hydrogens (tertiary/aromatic N) is 3.